The first-order valence-electron chi connectivity index (χ1n) is 8.12. The molecule has 1 heterocycles. The summed E-state index contributed by atoms with van der Waals surface area (Å²) in [4.78, 5) is 2.36. The number of hydrogen-bond donors (Lipinski definition) is 1. The lowest BCUT2D eigenvalue weighted by atomic mass is 9.93. The van der Waals surface area contributed by atoms with Crippen molar-refractivity contribution in [1.82, 2.24) is 10.2 Å². The van der Waals surface area contributed by atoms with Gasteiger partial charge in [-0.15, -0.1) is 12.4 Å². The maximum atomic E-state index is 12.2. The molecule has 0 atom stereocenters. The molecule has 1 saturated heterocycles. The Hall–Kier alpha value is -0.980. The van der Waals surface area contributed by atoms with Gasteiger partial charge in [-0.1, -0.05) is 12.1 Å². The van der Waals surface area contributed by atoms with Crippen molar-refractivity contribution in [3.63, 3.8) is 0 Å². The minimum Gasteiger partial charge on any atom is -0.484 e. The highest BCUT2D eigenvalue weighted by atomic mass is 35.5. The van der Waals surface area contributed by atoms with Crippen LogP contribution < -0.4 is 10.1 Å². The monoisotopic (exact) mass is 366 g/mol. The van der Waals surface area contributed by atoms with Crippen molar-refractivity contribution in [3.8, 4) is 5.75 Å². The summed E-state index contributed by atoms with van der Waals surface area (Å²) in [6.45, 7) is 2.67. The van der Waals surface area contributed by atoms with E-state index < -0.39 is 12.8 Å². The van der Waals surface area contributed by atoms with Crippen molar-refractivity contribution in [2.45, 2.75) is 32.0 Å². The van der Waals surface area contributed by atoms with E-state index in [-0.39, 0.29) is 18.2 Å². The van der Waals surface area contributed by atoms with Gasteiger partial charge < -0.3 is 10.1 Å². The first-order valence-corrected chi connectivity index (χ1v) is 8.12. The van der Waals surface area contributed by atoms with Crippen molar-refractivity contribution in [2.24, 2.45) is 5.92 Å². The maximum absolute atomic E-state index is 12.2. The molecule has 0 bridgehead atoms. The number of ether oxygens (including phenoxy) is 1. The number of benzene rings is 1. The summed E-state index contributed by atoms with van der Waals surface area (Å²) >= 11 is 0. The number of hydrogen-bond acceptors (Lipinski definition) is 3. The second-order valence-electron chi connectivity index (χ2n) is 6.16. The molecule has 138 valence electrons. The van der Waals surface area contributed by atoms with Crippen molar-refractivity contribution >= 4 is 12.4 Å². The predicted molar refractivity (Wildman–Crippen MR) is 91.8 cm³/mol. The van der Waals surface area contributed by atoms with E-state index in [2.05, 4.69) is 10.2 Å². The number of rotatable bonds is 7. The molecule has 1 aliphatic heterocycles. The summed E-state index contributed by atoms with van der Waals surface area (Å²) in [5.41, 5.74) is 0.998. The van der Waals surface area contributed by atoms with Crippen LogP contribution in [0.25, 0.3) is 0 Å². The highest BCUT2D eigenvalue weighted by Crippen LogP contribution is 2.23. The molecule has 0 spiro atoms. The van der Waals surface area contributed by atoms with E-state index in [1.54, 1.807) is 18.2 Å². The summed E-state index contributed by atoms with van der Waals surface area (Å²) < 4.78 is 41.4. The zero-order valence-corrected chi connectivity index (χ0v) is 14.8. The lowest BCUT2D eigenvalue weighted by Gasteiger charge is -2.32. The number of piperidine rings is 1. The Bertz CT molecular complexity index is 477. The van der Waals surface area contributed by atoms with Gasteiger partial charge in [0.15, 0.2) is 6.61 Å². The summed E-state index contributed by atoms with van der Waals surface area (Å²) in [6.07, 6.45) is -0.714. The molecule has 0 aromatic heterocycles. The van der Waals surface area contributed by atoms with Crippen molar-refractivity contribution in [2.75, 3.05) is 33.3 Å². The zero-order chi connectivity index (χ0) is 16.7. The number of nitrogens with one attached hydrogen (secondary N) is 1. The van der Waals surface area contributed by atoms with Crippen LogP contribution in [0.3, 0.4) is 0 Å². The Morgan fingerprint density at radius 3 is 2.58 bits per heavy atom. The van der Waals surface area contributed by atoms with Crippen LogP contribution in [-0.2, 0) is 6.54 Å². The van der Waals surface area contributed by atoms with Gasteiger partial charge in [0.2, 0.25) is 0 Å². The second-order valence-corrected chi connectivity index (χ2v) is 6.16. The minimum atomic E-state index is -4.30. The van der Waals surface area contributed by atoms with Gasteiger partial charge in [0.25, 0.3) is 0 Å². The highest BCUT2D eigenvalue weighted by molar-refractivity contribution is 5.85. The van der Waals surface area contributed by atoms with Crippen LogP contribution in [0, 0.1) is 5.92 Å². The average Bonchev–Trinajstić information content (AvgIpc) is 2.52. The predicted octanol–water partition coefficient (Wildman–Crippen LogP) is 3.87. The van der Waals surface area contributed by atoms with Crippen molar-refractivity contribution in [3.05, 3.63) is 29.8 Å². The second kappa shape index (κ2) is 10.1. The molecule has 1 N–H and O–H groups in total. The van der Waals surface area contributed by atoms with E-state index in [0.29, 0.717) is 0 Å². The quantitative estimate of drug-likeness (QED) is 0.792. The molecular formula is C17H26ClF3N2O. The molecule has 1 aliphatic rings. The molecule has 24 heavy (non-hydrogen) atoms. The van der Waals surface area contributed by atoms with Crippen molar-refractivity contribution in [1.29, 1.82) is 0 Å². The standard InChI is InChI=1S/C17H25F3N2O.ClH/c1-21-8-5-14-6-9-22(10-7-14)12-15-3-2-4-16(11-15)23-13-17(18,19)20;/h2-4,11,14,21H,5-10,12-13H2,1H3;1H. The lowest BCUT2D eigenvalue weighted by molar-refractivity contribution is -0.153. The summed E-state index contributed by atoms with van der Waals surface area (Å²) in [5, 5.41) is 3.19. The molecule has 1 aromatic rings. The molecule has 0 amide bonds. The Kier molecular flexibility index (Phi) is 8.87. The molecule has 1 fully saturated rings. The van der Waals surface area contributed by atoms with Crippen LogP contribution in [-0.4, -0.2) is 44.4 Å². The van der Waals surface area contributed by atoms with E-state index >= 15 is 0 Å². The fourth-order valence-electron chi connectivity index (χ4n) is 2.94. The third-order valence-electron chi connectivity index (χ3n) is 4.22. The summed E-state index contributed by atoms with van der Waals surface area (Å²) in [7, 11) is 1.98. The molecule has 0 saturated carbocycles. The Morgan fingerprint density at radius 1 is 1.25 bits per heavy atom. The van der Waals surface area contributed by atoms with Crippen LogP contribution in [0.1, 0.15) is 24.8 Å². The third-order valence-corrected chi connectivity index (χ3v) is 4.22. The van der Waals surface area contributed by atoms with Gasteiger partial charge in [-0.2, -0.15) is 13.2 Å². The fourth-order valence-corrected chi connectivity index (χ4v) is 2.94. The van der Waals surface area contributed by atoms with Gasteiger partial charge in [-0.3, -0.25) is 4.90 Å². The fraction of sp³-hybridized carbons (Fsp3) is 0.647. The van der Waals surface area contributed by atoms with Gasteiger partial charge in [0, 0.05) is 6.54 Å². The Balaban J connectivity index is 0.00000288. The smallest absolute Gasteiger partial charge is 0.422 e. The first kappa shape index (κ1) is 21.1. The molecule has 0 radical (unpaired) electrons. The third kappa shape index (κ3) is 7.73. The SMILES string of the molecule is CNCCC1CCN(Cc2cccc(OCC(F)(F)F)c2)CC1.Cl. The normalized spacial score (nSPS) is 16.7. The van der Waals surface area contributed by atoms with E-state index in [0.717, 1.165) is 37.7 Å². The van der Waals surface area contributed by atoms with Crippen LogP contribution in [0.4, 0.5) is 13.2 Å². The van der Waals surface area contributed by atoms with Gasteiger partial charge >= 0.3 is 6.18 Å². The number of nitrogens with zero attached hydrogens (tertiary/aromatic N) is 1. The van der Waals surface area contributed by atoms with Gasteiger partial charge in [0.1, 0.15) is 5.75 Å². The van der Waals surface area contributed by atoms with E-state index in [9.17, 15) is 13.2 Å². The molecule has 7 heteroatoms. The van der Waals surface area contributed by atoms with Gasteiger partial charge in [-0.25, -0.2) is 0 Å². The highest BCUT2D eigenvalue weighted by Gasteiger charge is 2.28. The van der Waals surface area contributed by atoms with Crippen molar-refractivity contribution < 1.29 is 17.9 Å². The first-order chi connectivity index (χ1) is 11.0. The topological polar surface area (TPSA) is 24.5 Å². The molecule has 0 unspecified atom stereocenters. The van der Waals surface area contributed by atoms with Crippen LogP contribution >= 0.6 is 12.4 Å². The number of alkyl halides is 3. The largest absolute Gasteiger partial charge is 0.484 e. The number of likely N-dealkylation sites (tertiary alicyclic amines) is 1. The van der Waals surface area contributed by atoms with Crippen LogP contribution in [0.5, 0.6) is 5.75 Å². The van der Waals surface area contributed by atoms with E-state index in [4.69, 9.17) is 4.74 Å². The van der Waals surface area contributed by atoms with E-state index in [1.807, 2.05) is 13.1 Å². The molecule has 1 aromatic carbocycles. The van der Waals surface area contributed by atoms with Crippen LogP contribution in [0.15, 0.2) is 24.3 Å². The molecular weight excluding hydrogens is 341 g/mol. The Morgan fingerprint density at radius 2 is 1.96 bits per heavy atom. The summed E-state index contributed by atoms with van der Waals surface area (Å²) in [6, 6.07) is 6.96. The maximum Gasteiger partial charge on any atom is 0.422 e. The lowest BCUT2D eigenvalue weighted by Crippen LogP contribution is -2.34. The van der Waals surface area contributed by atoms with E-state index in [1.165, 1.54) is 19.3 Å². The molecule has 3 nitrogen and oxygen atoms in total. The molecule has 0 aliphatic carbocycles. The number of halogens is 4. The average molecular weight is 367 g/mol. The summed E-state index contributed by atoms with van der Waals surface area (Å²) in [5.74, 6) is 1.06. The van der Waals surface area contributed by atoms with Gasteiger partial charge in [-0.05, 0) is 69.6 Å². The zero-order valence-electron chi connectivity index (χ0n) is 13.9. The van der Waals surface area contributed by atoms with Gasteiger partial charge in [0.05, 0.1) is 0 Å². The Labute approximate surface area is 148 Å². The minimum absolute atomic E-state index is 0. The van der Waals surface area contributed by atoms with Crippen LogP contribution in [0.2, 0.25) is 0 Å². The molecule has 2 rings (SSSR count).